The van der Waals surface area contributed by atoms with Gasteiger partial charge in [0.2, 0.25) is 0 Å². The van der Waals surface area contributed by atoms with Crippen LogP contribution in [0.15, 0.2) is 24.3 Å². The highest BCUT2D eigenvalue weighted by Gasteiger charge is 2.30. The van der Waals surface area contributed by atoms with Gasteiger partial charge in [0.05, 0.1) is 11.5 Å². The fourth-order valence-corrected chi connectivity index (χ4v) is 2.00. The van der Waals surface area contributed by atoms with Gasteiger partial charge >= 0.3 is 12.1 Å². The zero-order valence-corrected chi connectivity index (χ0v) is 12.3. The highest BCUT2D eigenvalue weighted by atomic mass is 19.4. The first-order chi connectivity index (χ1) is 9.49. The average molecular weight is 303 g/mol. The Labute approximate surface area is 122 Å². The Bertz CT molecular complexity index is 475. The molecule has 3 nitrogen and oxygen atoms in total. The summed E-state index contributed by atoms with van der Waals surface area (Å²) in [5.74, 6) is -1.50. The van der Waals surface area contributed by atoms with Gasteiger partial charge in [0, 0.05) is 12.2 Å². The van der Waals surface area contributed by atoms with Crippen LogP contribution in [0.3, 0.4) is 0 Å². The zero-order chi connectivity index (χ0) is 16.3. The molecule has 0 fully saturated rings. The lowest BCUT2D eigenvalue weighted by molar-refractivity contribution is -0.142. The highest BCUT2D eigenvalue weighted by molar-refractivity contribution is 5.71. The molecule has 1 aromatic carbocycles. The summed E-state index contributed by atoms with van der Waals surface area (Å²) in [6.45, 7) is 6.02. The van der Waals surface area contributed by atoms with E-state index < -0.39 is 23.6 Å². The number of carboxylic acid groups (broad SMARTS) is 1. The van der Waals surface area contributed by atoms with Crippen molar-refractivity contribution in [1.82, 2.24) is 0 Å². The largest absolute Gasteiger partial charge is 0.481 e. The second-order valence-corrected chi connectivity index (χ2v) is 6.26. The smallest absolute Gasteiger partial charge is 0.416 e. The zero-order valence-electron chi connectivity index (χ0n) is 12.3. The third-order valence-corrected chi connectivity index (χ3v) is 2.97. The van der Waals surface area contributed by atoms with Gasteiger partial charge in [-0.2, -0.15) is 13.2 Å². The van der Waals surface area contributed by atoms with Crippen LogP contribution >= 0.6 is 0 Å². The van der Waals surface area contributed by atoms with Gasteiger partial charge in [-0.15, -0.1) is 0 Å². The summed E-state index contributed by atoms with van der Waals surface area (Å²) in [5, 5.41) is 12.1. The molecule has 0 spiro atoms. The summed E-state index contributed by atoms with van der Waals surface area (Å²) >= 11 is 0. The van der Waals surface area contributed by atoms with E-state index in [-0.39, 0.29) is 12.0 Å². The number of alkyl halides is 3. The maximum atomic E-state index is 12.4. The number of carbonyl (C=O) groups is 1. The fraction of sp³-hybridized carbons (Fsp3) is 0.533. The van der Waals surface area contributed by atoms with Crippen molar-refractivity contribution in [3.05, 3.63) is 29.8 Å². The summed E-state index contributed by atoms with van der Waals surface area (Å²) in [7, 11) is 0. The Morgan fingerprint density at radius 2 is 1.71 bits per heavy atom. The summed E-state index contributed by atoms with van der Waals surface area (Å²) in [5.41, 5.74) is -0.383. The standard InChI is InChI=1S/C15H20F3NO2/c1-14(2,3)8-10(13(20)21)9-19-12-6-4-11(5-7-12)15(16,17)18/h4-7,10,19H,8-9H2,1-3H3,(H,20,21). The molecule has 0 amide bonds. The van der Waals surface area contributed by atoms with Crippen molar-refractivity contribution in [2.24, 2.45) is 11.3 Å². The average Bonchev–Trinajstić information content (AvgIpc) is 2.32. The van der Waals surface area contributed by atoms with E-state index in [9.17, 15) is 23.1 Å². The SMILES string of the molecule is CC(C)(C)CC(CNc1ccc(C(F)(F)F)cc1)C(=O)O. The van der Waals surface area contributed by atoms with Crippen molar-refractivity contribution in [3.8, 4) is 0 Å². The molecule has 2 N–H and O–H groups in total. The molecule has 118 valence electrons. The van der Waals surface area contributed by atoms with Crippen molar-refractivity contribution < 1.29 is 23.1 Å². The molecular formula is C15H20F3NO2. The molecule has 0 aliphatic rings. The summed E-state index contributed by atoms with van der Waals surface area (Å²) in [4.78, 5) is 11.2. The van der Waals surface area contributed by atoms with Crippen molar-refractivity contribution in [2.75, 3.05) is 11.9 Å². The molecule has 6 heteroatoms. The van der Waals surface area contributed by atoms with Gasteiger partial charge in [-0.25, -0.2) is 0 Å². The second-order valence-electron chi connectivity index (χ2n) is 6.26. The molecule has 0 saturated carbocycles. The minimum atomic E-state index is -4.37. The maximum Gasteiger partial charge on any atom is 0.416 e. The number of carboxylic acids is 1. The van der Waals surface area contributed by atoms with Crippen LogP contribution in [0, 0.1) is 11.3 Å². The van der Waals surface area contributed by atoms with E-state index in [1.54, 1.807) is 0 Å². The minimum Gasteiger partial charge on any atom is -0.481 e. The quantitative estimate of drug-likeness (QED) is 0.854. The first kappa shape index (κ1) is 17.3. The monoisotopic (exact) mass is 303 g/mol. The molecule has 0 heterocycles. The number of anilines is 1. The summed E-state index contributed by atoms with van der Waals surface area (Å²) in [6.07, 6.45) is -3.88. The number of hydrogen-bond acceptors (Lipinski definition) is 2. The van der Waals surface area contributed by atoms with Gasteiger partial charge < -0.3 is 10.4 Å². The summed E-state index contributed by atoms with van der Waals surface area (Å²) in [6, 6.07) is 4.56. The van der Waals surface area contributed by atoms with Crippen LogP contribution in [0.2, 0.25) is 0 Å². The molecule has 1 atom stereocenters. The van der Waals surface area contributed by atoms with Crippen LogP contribution < -0.4 is 5.32 Å². The molecule has 0 saturated heterocycles. The molecule has 0 aliphatic carbocycles. The lowest BCUT2D eigenvalue weighted by atomic mass is 9.84. The molecule has 1 rings (SSSR count). The Morgan fingerprint density at radius 1 is 1.19 bits per heavy atom. The number of nitrogens with one attached hydrogen (secondary N) is 1. The van der Waals surface area contributed by atoms with E-state index in [0.717, 1.165) is 12.1 Å². The van der Waals surface area contributed by atoms with Gasteiger partial charge in [0.1, 0.15) is 0 Å². The summed E-state index contributed by atoms with van der Waals surface area (Å²) < 4.78 is 37.3. The maximum absolute atomic E-state index is 12.4. The molecule has 0 radical (unpaired) electrons. The number of benzene rings is 1. The Hall–Kier alpha value is -1.72. The van der Waals surface area contributed by atoms with Gasteiger partial charge in [0.25, 0.3) is 0 Å². The predicted molar refractivity (Wildman–Crippen MR) is 75.1 cm³/mol. The number of aliphatic carboxylic acids is 1. The third-order valence-electron chi connectivity index (χ3n) is 2.97. The van der Waals surface area contributed by atoms with E-state index in [4.69, 9.17) is 0 Å². The van der Waals surface area contributed by atoms with Crippen LogP contribution in [0.5, 0.6) is 0 Å². The van der Waals surface area contributed by atoms with E-state index >= 15 is 0 Å². The van der Waals surface area contributed by atoms with E-state index in [0.29, 0.717) is 12.1 Å². The molecule has 0 aliphatic heterocycles. The van der Waals surface area contributed by atoms with Crippen LogP contribution in [0.1, 0.15) is 32.8 Å². The van der Waals surface area contributed by atoms with E-state index in [1.165, 1.54) is 12.1 Å². The normalized spacial score (nSPS) is 13.8. The molecular weight excluding hydrogens is 283 g/mol. The first-order valence-corrected chi connectivity index (χ1v) is 6.63. The van der Waals surface area contributed by atoms with E-state index in [1.807, 2.05) is 20.8 Å². The fourth-order valence-electron chi connectivity index (χ4n) is 2.00. The number of rotatable bonds is 5. The van der Waals surface area contributed by atoms with Gasteiger partial charge in [0.15, 0.2) is 0 Å². The molecule has 1 aromatic rings. The topological polar surface area (TPSA) is 49.3 Å². The minimum absolute atomic E-state index is 0.134. The van der Waals surface area contributed by atoms with E-state index in [2.05, 4.69) is 5.32 Å². The van der Waals surface area contributed by atoms with Crippen molar-refractivity contribution in [3.63, 3.8) is 0 Å². The van der Waals surface area contributed by atoms with Gasteiger partial charge in [-0.3, -0.25) is 4.79 Å². The second kappa shape index (κ2) is 6.37. The van der Waals surface area contributed by atoms with Crippen LogP contribution in [-0.2, 0) is 11.0 Å². The molecule has 1 unspecified atom stereocenters. The van der Waals surface area contributed by atoms with Crippen molar-refractivity contribution in [1.29, 1.82) is 0 Å². The third kappa shape index (κ3) is 6.06. The molecule has 21 heavy (non-hydrogen) atoms. The Balaban J connectivity index is 2.66. The number of hydrogen-bond donors (Lipinski definition) is 2. The Kier molecular flexibility index (Phi) is 5.25. The van der Waals surface area contributed by atoms with Crippen molar-refractivity contribution >= 4 is 11.7 Å². The van der Waals surface area contributed by atoms with Crippen LogP contribution in [0.4, 0.5) is 18.9 Å². The lowest BCUT2D eigenvalue weighted by Crippen LogP contribution is -2.27. The number of halogens is 3. The predicted octanol–water partition coefficient (Wildman–Crippen LogP) is 4.25. The van der Waals surface area contributed by atoms with Gasteiger partial charge in [-0.1, -0.05) is 20.8 Å². The lowest BCUT2D eigenvalue weighted by Gasteiger charge is -2.23. The van der Waals surface area contributed by atoms with Crippen molar-refractivity contribution in [2.45, 2.75) is 33.4 Å². The highest BCUT2D eigenvalue weighted by Crippen LogP contribution is 2.30. The van der Waals surface area contributed by atoms with Crippen LogP contribution in [0.25, 0.3) is 0 Å². The molecule has 0 bridgehead atoms. The Morgan fingerprint density at radius 3 is 2.10 bits per heavy atom. The van der Waals surface area contributed by atoms with Crippen LogP contribution in [-0.4, -0.2) is 17.6 Å². The first-order valence-electron chi connectivity index (χ1n) is 6.63. The van der Waals surface area contributed by atoms with Gasteiger partial charge in [-0.05, 0) is 36.1 Å². The molecule has 0 aromatic heterocycles.